The second kappa shape index (κ2) is 13.3. The van der Waals surface area contributed by atoms with Gasteiger partial charge in [0.15, 0.2) is 0 Å². The maximum absolute atomic E-state index is 11.9. The molecule has 7 heteroatoms. The summed E-state index contributed by atoms with van der Waals surface area (Å²) in [5.41, 5.74) is 2.88. The maximum atomic E-state index is 11.9. The van der Waals surface area contributed by atoms with Gasteiger partial charge in [0, 0.05) is 6.92 Å². The number of aliphatic hydroxyl groups is 1. The molecule has 0 radical (unpaired) electrons. The average Bonchev–Trinajstić information content (AvgIpc) is 2.90. The molecule has 1 unspecified atom stereocenters. The Morgan fingerprint density at radius 3 is 1.72 bits per heavy atom. The third-order valence-electron chi connectivity index (χ3n) is 5.86. The van der Waals surface area contributed by atoms with Crippen molar-refractivity contribution in [2.24, 2.45) is 0 Å². The summed E-state index contributed by atoms with van der Waals surface area (Å²) in [4.78, 5) is 11.9. The van der Waals surface area contributed by atoms with Crippen LogP contribution in [0.3, 0.4) is 0 Å². The first kappa shape index (κ1) is 26.0. The Kier molecular flexibility index (Phi) is 9.61. The molecule has 3 aromatic carbocycles. The van der Waals surface area contributed by atoms with Crippen molar-refractivity contribution < 1.29 is 33.6 Å². The van der Waals surface area contributed by atoms with E-state index in [1.807, 2.05) is 91.0 Å². The normalized spacial score (nSPS) is 23.8. The standard InChI is InChI=1S/C29H32O7/c1-21(30)35-29-28(34-19-24-15-9-4-10-16-24)27(33-18-23-13-7-3-8-14-23)26(31)25(36-29)20-32-17-22-11-5-2-6-12-22/h2-16,25-29,31H,17-20H2,1H3/t25-,26-,27+,28-,29?/m1/s1. The average molecular weight is 493 g/mol. The van der Waals surface area contributed by atoms with E-state index in [4.69, 9.17) is 23.7 Å². The Morgan fingerprint density at radius 2 is 1.22 bits per heavy atom. The van der Waals surface area contributed by atoms with E-state index >= 15 is 0 Å². The van der Waals surface area contributed by atoms with Gasteiger partial charge in [-0.2, -0.15) is 0 Å². The molecule has 1 heterocycles. The van der Waals surface area contributed by atoms with Gasteiger partial charge < -0.3 is 28.8 Å². The van der Waals surface area contributed by atoms with E-state index in [-0.39, 0.29) is 19.8 Å². The van der Waals surface area contributed by atoms with Crippen molar-refractivity contribution in [2.75, 3.05) is 6.61 Å². The molecular formula is C29H32O7. The molecule has 190 valence electrons. The molecule has 5 atom stereocenters. The van der Waals surface area contributed by atoms with Crippen LogP contribution in [-0.2, 0) is 48.3 Å². The number of carbonyl (C=O) groups is 1. The van der Waals surface area contributed by atoms with E-state index < -0.39 is 36.7 Å². The Balaban J connectivity index is 1.50. The lowest BCUT2D eigenvalue weighted by molar-refractivity contribution is -0.312. The van der Waals surface area contributed by atoms with Gasteiger partial charge in [-0.1, -0.05) is 91.0 Å². The molecule has 0 saturated carbocycles. The third kappa shape index (κ3) is 7.46. The molecule has 1 fully saturated rings. The van der Waals surface area contributed by atoms with Crippen LogP contribution in [0.5, 0.6) is 0 Å². The first-order valence-corrected chi connectivity index (χ1v) is 12.0. The molecule has 4 rings (SSSR count). The van der Waals surface area contributed by atoms with Crippen molar-refractivity contribution in [1.29, 1.82) is 0 Å². The van der Waals surface area contributed by atoms with Gasteiger partial charge in [0.05, 0.1) is 26.4 Å². The zero-order valence-electron chi connectivity index (χ0n) is 20.3. The van der Waals surface area contributed by atoms with E-state index in [2.05, 4.69) is 0 Å². The maximum Gasteiger partial charge on any atom is 0.305 e. The number of ether oxygens (including phenoxy) is 5. The predicted octanol–water partition coefficient (Wildman–Crippen LogP) is 4.02. The largest absolute Gasteiger partial charge is 0.433 e. The van der Waals surface area contributed by atoms with E-state index in [0.717, 1.165) is 16.7 Å². The van der Waals surface area contributed by atoms with Gasteiger partial charge in [0.25, 0.3) is 0 Å². The van der Waals surface area contributed by atoms with Crippen LogP contribution >= 0.6 is 0 Å². The highest BCUT2D eigenvalue weighted by molar-refractivity contribution is 5.66. The Hall–Kier alpha value is -3.07. The van der Waals surface area contributed by atoms with Crippen LogP contribution in [0.1, 0.15) is 23.6 Å². The number of hydrogen-bond donors (Lipinski definition) is 1. The van der Waals surface area contributed by atoms with Crippen LogP contribution < -0.4 is 0 Å². The van der Waals surface area contributed by atoms with Crippen LogP contribution in [0.15, 0.2) is 91.0 Å². The summed E-state index contributed by atoms with van der Waals surface area (Å²) in [6.45, 7) is 2.24. The molecule has 0 aliphatic carbocycles. The molecule has 3 aromatic rings. The van der Waals surface area contributed by atoms with Gasteiger partial charge in [-0.25, -0.2) is 0 Å². The first-order valence-electron chi connectivity index (χ1n) is 12.0. The molecule has 0 spiro atoms. The molecule has 0 amide bonds. The highest BCUT2D eigenvalue weighted by Gasteiger charge is 2.48. The van der Waals surface area contributed by atoms with Crippen LogP contribution in [0.2, 0.25) is 0 Å². The number of aliphatic hydroxyl groups excluding tert-OH is 1. The lowest BCUT2D eigenvalue weighted by Gasteiger charge is -2.43. The molecule has 1 aliphatic rings. The lowest BCUT2D eigenvalue weighted by Crippen LogP contribution is -2.61. The van der Waals surface area contributed by atoms with Gasteiger partial charge in [0.1, 0.15) is 24.4 Å². The van der Waals surface area contributed by atoms with Crippen LogP contribution in [0.25, 0.3) is 0 Å². The van der Waals surface area contributed by atoms with Crippen molar-refractivity contribution in [2.45, 2.75) is 57.5 Å². The summed E-state index contributed by atoms with van der Waals surface area (Å²) in [5.74, 6) is -0.518. The number of hydrogen-bond acceptors (Lipinski definition) is 7. The second-order valence-corrected chi connectivity index (χ2v) is 8.67. The van der Waals surface area contributed by atoms with E-state index in [1.54, 1.807) is 0 Å². The van der Waals surface area contributed by atoms with Crippen LogP contribution in [0.4, 0.5) is 0 Å². The highest BCUT2D eigenvalue weighted by Crippen LogP contribution is 2.29. The summed E-state index contributed by atoms with van der Waals surface area (Å²) in [7, 11) is 0. The van der Waals surface area contributed by atoms with Gasteiger partial charge in [-0.3, -0.25) is 4.79 Å². The first-order chi connectivity index (χ1) is 17.6. The summed E-state index contributed by atoms with van der Waals surface area (Å²) in [6.07, 6.45) is -4.59. The fourth-order valence-electron chi connectivity index (χ4n) is 4.05. The van der Waals surface area contributed by atoms with Gasteiger partial charge in [-0.15, -0.1) is 0 Å². The van der Waals surface area contributed by atoms with Crippen LogP contribution in [-0.4, -0.2) is 48.4 Å². The SMILES string of the molecule is CC(=O)OC1O[C@H](COCc2ccccc2)[C@@H](O)[C@H](OCc2ccccc2)[C@H]1OCc1ccccc1. The minimum absolute atomic E-state index is 0.0877. The predicted molar refractivity (Wildman–Crippen MR) is 133 cm³/mol. The summed E-state index contributed by atoms with van der Waals surface area (Å²) < 4.78 is 29.7. The zero-order chi connectivity index (χ0) is 25.2. The van der Waals surface area contributed by atoms with E-state index in [9.17, 15) is 9.90 Å². The third-order valence-corrected chi connectivity index (χ3v) is 5.86. The lowest BCUT2D eigenvalue weighted by atomic mass is 9.98. The molecule has 1 aliphatic heterocycles. The van der Waals surface area contributed by atoms with Crippen molar-refractivity contribution in [3.05, 3.63) is 108 Å². The molecule has 0 aromatic heterocycles. The molecule has 1 N–H and O–H groups in total. The van der Waals surface area contributed by atoms with Crippen molar-refractivity contribution in [3.8, 4) is 0 Å². The van der Waals surface area contributed by atoms with Crippen molar-refractivity contribution in [1.82, 2.24) is 0 Å². The van der Waals surface area contributed by atoms with Crippen molar-refractivity contribution >= 4 is 5.97 Å². The minimum Gasteiger partial charge on any atom is -0.433 e. The number of rotatable bonds is 11. The van der Waals surface area contributed by atoms with E-state index in [0.29, 0.717) is 6.61 Å². The van der Waals surface area contributed by atoms with Gasteiger partial charge in [-0.05, 0) is 16.7 Å². The Labute approximate surface area is 211 Å². The van der Waals surface area contributed by atoms with Crippen LogP contribution in [0, 0.1) is 0 Å². The summed E-state index contributed by atoms with van der Waals surface area (Å²) in [6, 6.07) is 29.0. The molecule has 36 heavy (non-hydrogen) atoms. The fraction of sp³-hybridized carbons (Fsp3) is 0.345. The van der Waals surface area contributed by atoms with Crippen molar-refractivity contribution in [3.63, 3.8) is 0 Å². The number of carbonyl (C=O) groups excluding carboxylic acids is 1. The highest BCUT2D eigenvalue weighted by atomic mass is 16.7. The Morgan fingerprint density at radius 1 is 0.750 bits per heavy atom. The topological polar surface area (TPSA) is 83.5 Å². The quantitative estimate of drug-likeness (QED) is 0.405. The smallest absolute Gasteiger partial charge is 0.305 e. The fourth-order valence-corrected chi connectivity index (χ4v) is 4.05. The Bertz CT molecular complexity index is 1040. The number of benzene rings is 3. The minimum atomic E-state index is -1.07. The molecule has 7 nitrogen and oxygen atoms in total. The zero-order valence-corrected chi connectivity index (χ0v) is 20.3. The summed E-state index contributed by atoms with van der Waals surface area (Å²) in [5, 5.41) is 11.3. The molecular weight excluding hydrogens is 460 g/mol. The van der Waals surface area contributed by atoms with E-state index in [1.165, 1.54) is 6.92 Å². The van der Waals surface area contributed by atoms with Gasteiger partial charge in [0.2, 0.25) is 6.29 Å². The monoisotopic (exact) mass is 492 g/mol. The molecule has 1 saturated heterocycles. The summed E-state index contributed by atoms with van der Waals surface area (Å²) >= 11 is 0. The second-order valence-electron chi connectivity index (χ2n) is 8.67. The van der Waals surface area contributed by atoms with Gasteiger partial charge >= 0.3 is 5.97 Å². The molecule has 0 bridgehead atoms. The number of esters is 1.